The fourth-order valence-corrected chi connectivity index (χ4v) is 10.0. The number of rotatable bonds is 11. The number of aromatic nitrogens is 4. The zero-order chi connectivity index (χ0) is 37.6. The van der Waals surface area contributed by atoms with Gasteiger partial charge in [-0.3, -0.25) is 19.2 Å². The van der Waals surface area contributed by atoms with Gasteiger partial charge in [-0.15, -0.1) is 22.7 Å². The Morgan fingerprint density at radius 1 is 0.849 bits per heavy atom. The van der Waals surface area contributed by atoms with E-state index < -0.39 is 24.1 Å². The number of likely N-dealkylation sites (tertiary alicyclic amines) is 2. The van der Waals surface area contributed by atoms with Gasteiger partial charge < -0.3 is 35.5 Å². The molecular weight excluding hydrogens is 717 g/mol. The van der Waals surface area contributed by atoms with Gasteiger partial charge >= 0.3 is 6.09 Å². The van der Waals surface area contributed by atoms with Crippen molar-refractivity contribution in [3.05, 3.63) is 46.8 Å². The summed E-state index contributed by atoms with van der Waals surface area (Å²) >= 11 is 3.28. The number of nitrogens with zero attached hydrogens (tertiary/aromatic N) is 4. The van der Waals surface area contributed by atoms with E-state index in [9.17, 15) is 29.1 Å². The molecule has 5 aromatic rings. The normalized spacial score (nSPS) is 18.7. The molecule has 2 unspecified atom stereocenters. The number of fused-ring (bicyclic) bond motifs is 2. The topological polar surface area (TPSA) is 193 Å². The van der Waals surface area contributed by atoms with Gasteiger partial charge in [-0.1, -0.05) is 39.8 Å². The SMILES string of the molecule is CC(C)[C@H](NC(=O)C=O)C(=O)N1CCCC1c1ncc(-c2csc3c(-c4cccc5[nH]c(C6CCCN6C(=O)[C@@H](NC(=O)O)C(C)C)nc45)csc23)[nH]1. The number of amides is 4. The summed E-state index contributed by atoms with van der Waals surface area (Å²) in [6.07, 6.45) is 3.82. The number of hydrogen-bond donors (Lipinski definition) is 5. The number of carboxylic acid groups (broad SMARTS) is 1. The van der Waals surface area contributed by atoms with Crippen molar-refractivity contribution in [2.24, 2.45) is 11.8 Å². The highest BCUT2D eigenvalue weighted by Gasteiger charge is 2.39. The fourth-order valence-electron chi connectivity index (χ4n) is 7.60. The number of hydrogen-bond acceptors (Lipinski definition) is 9. The average molecular weight is 759 g/mol. The fraction of sp³-hybridized carbons (Fsp3) is 0.432. The molecule has 16 heteroatoms. The van der Waals surface area contributed by atoms with Crippen molar-refractivity contribution in [2.45, 2.75) is 77.5 Å². The molecule has 0 spiro atoms. The van der Waals surface area contributed by atoms with E-state index in [1.54, 1.807) is 38.7 Å². The Morgan fingerprint density at radius 2 is 1.45 bits per heavy atom. The molecule has 4 aromatic heterocycles. The second kappa shape index (κ2) is 14.7. The highest BCUT2D eigenvalue weighted by Crippen LogP contribution is 2.46. The van der Waals surface area contributed by atoms with Crippen molar-refractivity contribution in [1.82, 2.24) is 40.4 Å². The molecule has 2 saturated heterocycles. The number of carbonyl (C=O) groups is 5. The summed E-state index contributed by atoms with van der Waals surface area (Å²) in [6.45, 7) is 8.40. The lowest BCUT2D eigenvalue weighted by Gasteiger charge is -2.29. The maximum absolute atomic E-state index is 13.6. The van der Waals surface area contributed by atoms with Gasteiger partial charge in [0, 0.05) is 40.5 Å². The first kappa shape index (κ1) is 36.3. The Hall–Kier alpha value is -5.09. The zero-order valence-electron chi connectivity index (χ0n) is 29.8. The highest BCUT2D eigenvalue weighted by molar-refractivity contribution is 7.27. The molecule has 1 aromatic carbocycles. The molecule has 0 aliphatic carbocycles. The number of thiophene rings is 2. The second-order valence-electron chi connectivity index (χ2n) is 14.4. The summed E-state index contributed by atoms with van der Waals surface area (Å²) in [5, 5.41) is 18.6. The number of para-hydroxylation sites is 1. The quantitative estimate of drug-likeness (QED) is 0.0817. The smallest absolute Gasteiger partial charge is 0.405 e. The van der Waals surface area contributed by atoms with E-state index in [1.165, 1.54) is 0 Å². The molecular formula is C37H42N8O6S2. The molecule has 4 amide bonds. The maximum atomic E-state index is 13.6. The van der Waals surface area contributed by atoms with Crippen molar-refractivity contribution < 1.29 is 29.1 Å². The van der Waals surface area contributed by atoms with Crippen LogP contribution in [0, 0.1) is 11.8 Å². The minimum atomic E-state index is -1.22. The van der Waals surface area contributed by atoms with Gasteiger partial charge in [-0.25, -0.2) is 14.8 Å². The summed E-state index contributed by atoms with van der Waals surface area (Å²) in [7, 11) is 0. The summed E-state index contributed by atoms with van der Waals surface area (Å²) < 4.78 is 2.21. The lowest BCUT2D eigenvalue weighted by atomic mass is 10.0. The molecule has 0 bridgehead atoms. The first-order valence-corrected chi connectivity index (χ1v) is 19.6. The van der Waals surface area contributed by atoms with Crippen molar-refractivity contribution in [1.29, 1.82) is 0 Å². The van der Waals surface area contributed by atoms with E-state index in [2.05, 4.69) is 37.4 Å². The monoisotopic (exact) mass is 758 g/mol. The van der Waals surface area contributed by atoms with E-state index in [-0.39, 0.29) is 42.0 Å². The molecule has 5 N–H and O–H groups in total. The van der Waals surface area contributed by atoms with Crippen LogP contribution in [0.1, 0.15) is 77.1 Å². The number of H-pyrrole nitrogens is 2. The molecule has 6 heterocycles. The predicted molar refractivity (Wildman–Crippen MR) is 202 cm³/mol. The molecule has 278 valence electrons. The van der Waals surface area contributed by atoms with Crippen LogP contribution in [0.15, 0.2) is 35.2 Å². The first-order chi connectivity index (χ1) is 25.5. The number of nitrogens with one attached hydrogen (secondary N) is 4. The minimum absolute atomic E-state index is 0.189. The first-order valence-electron chi connectivity index (χ1n) is 17.9. The predicted octanol–water partition coefficient (Wildman–Crippen LogP) is 5.86. The molecule has 14 nitrogen and oxygen atoms in total. The van der Waals surface area contributed by atoms with Gasteiger partial charge in [0.15, 0.2) is 0 Å². The van der Waals surface area contributed by atoms with Crippen LogP contribution in [0.2, 0.25) is 0 Å². The Bertz CT molecular complexity index is 2200. The van der Waals surface area contributed by atoms with Crippen LogP contribution in [0.4, 0.5) is 4.79 Å². The van der Waals surface area contributed by atoms with Crippen molar-refractivity contribution in [3.8, 4) is 22.4 Å². The molecule has 2 fully saturated rings. The number of aromatic amines is 2. The van der Waals surface area contributed by atoms with Crippen LogP contribution < -0.4 is 10.6 Å². The van der Waals surface area contributed by atoms with Gasteiger partial charge in [0.05, 0.1) is 44.4 Å². The lowest BCUT2D eigenvalue weighted by Crippen LogP contribution is -2.51. The van der Waals surface area contributed by atoms with E-state index >= 15 is 0 Å². The van der Waals surface area contributed by atoms with E-state index in [0.717, 1.165) is 68.5 Å². The average Bonchev–Trinajstić information content (AvgIpc) is 3.97. The molecule has 4 atom stereocenters. The standard InChI is InChI=1S/C37H42N8O6S2/c1-18(2)28(41-27(47)15-46)35(48)44-12-6-10-25(44)33-38-14-24(40-33)22-17-53-31-21(16-52-32(22)31)20-8-5-9-23-30(20)42-34(39-23)26-11-7-13-45(26)36(49)29(19(3)4)43-37(50)51/h5,8-9,14-19,25-26,28-29,43H,6-7,10-13H2,1-4H3,(H,38,40)(H,39,42)(H,41,47)(H,50,51)/t25?,26?,28-,29-/m0/s1. The van der Waals surface area contributed by atoms with Crippen LogP contribution in [-0.2, 0) is 19.2 Å². The Kier molecular flexibility index (Phi) is 10.1. The third-order valence-corrected chi connectivity index (χ3v) is 12.4. The van der Waals surface area contributed by atoms with Gasteiger partial charge in [0.2, 0.25) is 18.1 Å². The highest BCUT2D eigenvalue weighted by atomic mass is 32.1. The van der Waals surface area contributed by atoms with Gasteiger partial charge in [0.1, 0.15) is 23.7 Å². The molecule has 0 saturated carbocycles. The number of imidazole rings is 2. The van der Waals surface area contributed by atoms with Crippen molar-refractivity contribution in [3.63, 3.8) is 0 Å². The molecule has 2 aliphatic heterocycles. The van der Waals surface area contributed by atoms with E-state index in [4.69, 9.17) is 9.97 Å². The third-order valence-electron chi connectivity index (χ3n) is 10.2. The van der Waals surface area contributed by atoms with Crippen molar-refractivity contribution >= 4 is 73.2 Å². The summed E-state index contributed by atoms with van der Waals surface area (Å²) in [5.74, 6) is -0.321. The Labute approximate surface area is 313 Å². The van der Waals surface area contributed by atoms with Gasteiger partial charge in [-0.05, 0) is 43.6 Å². The van der Waals surface area contributed by atoms with Crippen LogP contribution in [0.5, 0.6) is 0 Å². The molecule has 2 aliphatic rings. The second-order valence-corrected chi connectivity index (χ2v) is 16.1. The number of carbonyl (C=O) groups excluding carboxylic acids is 4. The maximum Gasteiger partial charge on any atom is 0.405 e. The van der Waals surface area contributed by atoms with Gasteiger partial charge in [-0.2, -0.15) is 0 Å². The van der Waals surface area contributed by atoms with Gasteiger partial charge in [0.25, 0.3) is 5.91 Å². The lowest BCUT2D eigenvalue weighted by molar-refractivity contribution is -0.140. The van der Waals surface area contributed by atoms with Crippen LogP contribution in [-0.4, -0.2) is 90.1 Å². The zero-order valence-corrected chi connectivity index (χ0v) is 31.5. The summed E-state index contributed by atoms with van der Waals surface area (Å²) in [5.41, 5.74) is 5.55. The third kappa shape index (κ3) is 6.81. The van der Waals surface area contributed by atoms with Crippen molar-refractivity contribution in [2.75, 3.05) is 13.1 Å². The van der Waals surface area contributed by atoms with Crippen LogP contribution in [0.3, 0.4) is 0 Å². The van der Waals surface area contributed by atoms with Crippen LogP contribution >= 0.6 is 22.7 Å². The van der Waals surface area contributed by atoms with Crippen LogP contribution in [0.25, 0.3) is 42.8 Å². The van der Waals surface area contributed by atoms with E-state index in [1.807, 2.05) is 39.8 Å². The van der Waals surface area contributed by atoms with E-state index in [0.29, 0.717) is 24.7 Å². The number of benzene rings is 1. The molecule has 53 heavy (non-hydrogen) atoms. The minimum Gasteiger partial charge on any atom is -0.465 e. The summed E-state index contributed by atoms with van der Waals surface area (Å²) in [4.78, 5) is 81.7. The molecule has 0 radical (unpaired) electrons. The Morgan fingerprint density at radius 3 is 2.08 bits per heavy atom. The molecule has 7 rings (SSSR count). The number of aldehydes is 1. The summed E-state index contributed by atoms with van der Waals surface area (Å²) in [6, 6.07) is 3.81. The largest absolute Gasteiger partial charge is 0.465 e. The Balaban J connectivity index is 1.15.